The van der Waals surface area contributed by atoms with Crippen LogP contribution < -0.4 is 0 Å². The highest BCUT2D eigenvalue weighted by Gasteiger charge is 2.62. The Bertz CT molecular complexity index is 753. The molecule has 0 amide bonds. The van der Waals surface area contributed by atoms with Gasteiger partial charge in [0.1, 0.15) is 6.10 Å². The van der Waals surface area contributed by atoms with Gasteiger partial charge in [-0.1, -0.05) is 39.0 Å². The van der Waals surface area contributed by atoms with E-state index in [4.69, 9.17) is 4.74 Å². The molecule has 0 radical (unpaired) electrons. The normalized spacial score (nSPS) is 52.1. The lowest BCUT2D eigenvalue weighted by atomic mass is 9.47. The van der Waals surface area contributed by atoms with E-state index in [1.807, 2.05) is 0 Å². The third kappa shape index (κ3) is 2.82. The summed E-state index contributed by atoms with van der Waals surface area (Å²) in [6.45, 7) is 11.4. The van der Waals surface area contributed by atoms with E-state index < -0.39 is 0 Å². The predicted octanol–water partition coefficient (Wildman–Crippen LogP) is 5.43. The number of rotatable bonds is 0. The summed E-state index contributed by atoms with van der Waals surface area (Å²) < 4.78 is 6.09. The molecule has 0 bridgehead atoms. The van der Waals surface area contributed by atoms with Gasteiger partial charge in [0.05, 0.1) is 6.10 Å². The summed E-state index contributed by atoms with van der Waals surface area (Å²) in [6.07, 6.45) is 11.9. The predicted molar refractivity (Wildman–Crippen MR) is 114 cm³/mol. The number of carbonyl (C=O) groups is 1. The van der Waals surface area contributed by atoms with Crippen molar-refractivity contribution < 1.29 is 14.6 Å². The van der Waals surface area contributed by atoms with E-state index in [0.29, 0.717) is 29.2 Å². The Morgan fingerprint density at radius 3 is 2.76 bits per heavy atom. The van der Waals surface area contributed by atoms with E-state index in [0.717, 1.165) is 50.9 Å². The Hall–Kier alpha value is -1.09. The third-order valence-corrected chi connectivity index (χ3v) is 10.2. The molecule has 0 aromatic carbocycles. The first-order valence-corrected chi connectivity index (χ1v) is 12.0. The minimum atomic E-state index is -0.148. The zero-order valence-electron chi connectivity index (χ0n) is 18.5. The molecule has 160 valence electrons. The maximum atomic E-state index is 12.5. The van der Waals surface area contributed by atoms with Crippen LogP contribution in [-0.2, 0) is 9.53 Å². The standard InChI is InChI=1S/C26H38O3/c1-15-5-6-16(2)24(28)29-22-14-21-19-8-7-17-13-18(27)9-11-25(17,3)20(19)10-12-26(21,4)23(15)22/h7,15,18-23,27H,2,5-6,8-14H2,1,3-4H3. The van der Waals surface area contributed by atoms with Crippen LogP contribution in [0.15, 0.2) is 23.8 Å². The van der Waals surface area contributed by atoms with Crippen molar-refractivity contribution in [3.8, 4) is 0 Å². The third-order valence-electron chi connectivity index (χ3n) is 10.2. The van der Waals surface area contributed by atoms with Crippen molar-refractivity contribution in [2.75, 3.05) is 0 Å². The number of hydrogen-bond acceptors (Lipinski definition) is 3. The van der Waals surface area contributed by atoms with Crippen molar-refractivity contribution in [3.63, 3.8) is 0 Å². The van der Waals surface area contributed by atoms with Gasteiger partial charge in [0.25, 0.3) is 0 Å². The van der Waals surface area contributed by atoms with E-state index in [1.54, 1.807) is 0 Å². The Morgan fingerprint density at radius 2 is 1.97 bits per heavy atom. The first-order valence-electron chi connectivity index (χ1n) is 12.0. The molecular weight excluding hydrogens is 360 g/mol. The SMILES string of the molecule is C=C1CCC(C)C2C(CC3C4CC=C5CC(O)CCC5(C)C4CCC32C)OC1=O. The number of fused-ring (bicyclic) bond motifs is 7. The van der Waals surface area contributed by atoms with Crippen molar-refractivity contribution in [2.45, 2.75) is 90.8 Å². The van der Waals surface area contributed by atoms with Crippen LogP contribution in [-0.4, -0.2) is 23.3 Å². The molecule has 0 spiro atoms. The first kappa shape index (κ1) is 19.8. The zero-order valence-corrected chi connectivity index (χ0v) is 18.5. The fourth-order valence-corrected chi connectivity index (χ4v) is 8.71. The van der Waals surface area contributed by atoms with Crippen molar-refractivity contribution in [3.05, 3.63) is 23.8 Å². The Morgan fingerprint density at radius 1 is 1.17 bits per heavy atom. The average Bonchev–Trinajstić information content (AvgIpc) is 2.97. The molecule has 4 fully saturated rings. The minimum Gasteiger partial charge on any atom is -0.459 e. The van der Waals surface area contributed by atoms with Gasteiger partial charge >= 0.3 is 5.97 Å². The van der Waals surface area contributed by atoms with Gasteiger partial charge in [-0.25, -0.2) is 4.79 Å². The monoisotopic (exact) mass is 398 g/mol. The van der Waals surface area contributed by atoms with Gasteiger partial charge in [0.2, 0.25) is 0 Å². The fraction of sp³-hybridized carbons (Fsp3) is 0.808. The molecule has 9 atom stereocenters. The van der Waals surface area contributed by atoms with Crippen LogP contribution in [0.4, 0.5) is 0 Å². The quantitative estimate of drug-likeness (QED) is 0.336. The van der Waals surface area contributed by atoms with Crippen LogP contribution in [0.25, 0.3) is 0 Å². The summed E-state index contributed by atoms with van der Waals surface area (Å²) in [7, 11) is 0. The molecule has 0 aromatic rings. The van der Waals surface area contributed by atoms with Crippen LogP contribution in [0.5, 0.6) is 0 Å². The Kier molecular flexibility index (Phi) is 4.59. The van der Waals surface area contributed by atoms with Gasteiger partial charge in [-0.15, -0.1) is 0 Å². The van der Waals surface area contributed by atoms with E-state index in [2.05, 4.69) is 33.4 Å². The number of allylic oxidation sites excluding steroid dienone is 1. The van der Waals surface area contributed by atoms with Crippen LogP contribution in [0, 0.1) is 40.4 Å². The van der Waals surface area contributed by atoms with E-state index in [-0.39, 0.29) is 29.0 Å². The molecule has 5 rings (SSSR count). The lowest BCUT2D eigenvalue weighted by Crippen LogP contribution is -2.51. The highest BCUT2D eigenvalue weighted by molar-refractivity contribution is 5.87. The number of hydrogen-bond donors (Lipinski definition) is 1. The van der Waals surface area contributed by atoms with Gasteiger partial charge < -0.3 is 9.84 Å². The average molecular weight is 399 g/mol. The molecule has 3 saturated carbocycles. The minimum absolute atomic E-state index is 0.0645. The summed E-state index contributed by atoms with van der Waals surface area (Å²) in [6, 6.07) is 0. The highest BCUT2D eigenvalue weighted by Crippen LogP contribution is 2.67. The second-order valence-electron chi connectivity index (χ2n) is 11.5. The molecule has 5 aliphatic rings. The van der Waals surface area contributed by atoms with E-state index >= 15 is 0 Å². The van der Waals surface area contributed by atoms with Gasteiger partial charge in [-0.05, 0) is 92.3 Å². The van der Waals surface area contributed by atoms with Crippen LogP contribution in [0.2, 0.25) is 0 Å². The van der Waals surface area contributed by atoms with Crippen molar-refractivity contribution in [1.82, 2.24) is 0 Å². The molecule has 3 nitrogen and oxygen atoms in total. The largest absolute Gasteiger partial charge is 0.459 e. The number of ether oxygens (including phenoxy) is 1. The number of aliphatic hydroxyl groups is 1. The maximum Gasteiger partial charge on any atom is 0.333 e. The zero-order chi connectivity index (χ0) is 20.6. The van der Waals surface area contributed by atoms with Crippen molar-refractivity contribution >= 4 is 5.97 Å². The molecule has 9 unspecified atom stereocenters. The number of carbonyl (C=O) groups excluding carboxylic acids is 1. The van der Waals surface area contributed by atoms with Crippen LogP contribution in [0.3, 0.4) is 0 Å². The molecule has 1 heterocycles. The Labute approximate surface area is 176 Å². The summed E-state index contributed by atoms with van der Waals surface area (Å²) in [5.41, 5.74) is 2.73. The summed E-state index contributed by atoms with van der Waals surface area (Å²) in [5, 5.41) is 10.2. The Balaban J connectivity index is 1.48. The molecular formula is C26H38O3. The van der Waals surface area contributed by atoms with Crippen molar-refractivity contribution in [2.24, 2.45) is 40.4 Å². The van der Waals surface area contributed by atoms with Crippen molar-refractivity contribution in [1.29, 1.82) is 0 Å². The molecule has 3 heteroatoms. The smallest absolute Gasteiger partial charge is 0.333 e. The summed E-state index contributed by atoms with van der Waals surface area (Å²) >= 11 is 0. The molecule has 1 N–H and O–H groups in total. The number of esters is 1. The van der Waals surface area contributed by atoms with Gasteiger partial charge in [0, 0.05) is 11.5 Å². The molecule has 4 aliphatic carbocycles. The van der Waals surface area contributed by atoms with Crippen LogP contribution in [0.1, 0.15) is 78.6 Å². The van der Waals surface area contributed by atoms with Crippen LogP contribution >= 0.6 is 0 Å². The topological polar surface area (TPSA) is 46.5 Å². The van der Waals surface area contributed by atoms with Gasteiger partial charge in [0.15, 0.2) is 0 Å². The van der Waals surface area contributed by atoms with Gasteiger partial charge in [-0.2, -0.15) is 0 Å². The maximum absolute atomic E-state index is 12.5. The summed E-state index contributed by atoms with van der Waals surface area (Å²) in [4.78, 5) is 12.5. The molecule has 0 aromatic heterocycles. The molecule has 1 aliphatic heterocycles. The summed E-state index contributed by atoms with van der Waals surface area (Å²) in [5.74, 6) is 2.96. The number of aliphatic hydroxyl groups excluding tert-OH is 1. The van der Waals surface area contributed by atoms with E-state index in [9.17, 15) is 9.90 Å². The highest BCUT2D eigenvalue weighted by atomic mass is 16.5. The fourth-order valence-electron chi connectivity index (χ4n) is 8.71. The lowest BCUT2D eigenvalue weighted by molar-refractivity contribution is -0.150. The molecule has 1 saturated heterocycles. The van der Waals surface area contributed by atoms with Gasteiger partial charge in [-0.3, -0.25) is 0 Å². The van der Waals surface area contributed by atoms with E-state index in [1.165, 1.54) is 18.4 Å². The first-order chi connectivity index (χ1) is 13.7. The lowest BCUT2D eigenvalue weighted by Gasteiger charge is -2.58. The second kappa shape index (κ2) is 6.70. The second-order valence-corrected chi connectivity index (χ2v) is 11.5. The molecule has 29 heavy (non-hydrogen) atoms.